The number of aliphatic hydroxyl groups excluding tert-OH is 1. The molecular formula is C17H20F2N4O. The molecule has 1 aromatic heterocycles. The number of fused-ring (bicyclic) bond motifs is 1. The first-order chi connectivity index (χ1) is 11.5. The third kappa shape index (κ3) is 3.37. The molecule has 0 saturated carbocycles. The molecule has 0 bridgehead atoms. The fourth-order valence-corrected chi connectivity index (χ4v) is 2.99. The zero-order valence-corrected chi connectivity index (χ0v) is 13.7. The molecule has 0 saturated heterocycles. The van der Waals surface area contributed by atoms with Crippen LogP contribution >= 0.6 is 0 Å². The van der Waals surface area contributed by atoms with E-state index < -0.39 is 17.7 Å². The van der Waals surface area contributed by atoms with Gasteiger partial charge in [0.1, 0.15) is 12.1 Å². The Balaban J connectivity index is 1.74. The van der Waals surface area contributed by atoms with Gasteiger partial charge in [0.05, 0.1) is 11.8 Å². The van der Waals surface area contributed by atoms with Crippen LogP contribution in [0.2, 0.25) is 0 Å². The van der Waals surface area contributed by atoms with Gasteiger partial charge in [0, 0.05) is 45.7 Å². The van der Waals surface area contributed by atoms with E-state index in [2.05, 4.69) is 14.9 Å². The third-order valence-electron chi connectivity index (χ3n) is 4.24. The fraction of sp³-hybridized carbons (Fsp3) is 0.412. The van der Waals surface area contributed by atoms with Gasteiger partial charge in [-0.15, -0.1) is 0 Å². The first kappa shape index (κ1) is 16.7. The summed E-state index contributed by atoms with van der Waals surface area (Å²) >= 11 is 0. The minimum absolute atomic E-state index is 0.340. The van der Waals surface area contributed by atoms with Crippen LogP contribution in [0.5, 0.6) is 0 Å². The lowest BCUT2D eigenvalue weighted by Gasteiger charge is -2.31. The van der Waals surface area contributed by atoms with Crippen molar-refractivity contribution >= 4 is 5.82 Å². The van der Waals surface area contributed by atoms with Gasteiger partial charge in [-0.25, -0.2) is 18.7 Å². The van der Waals surface area contributed by atoms with Crippen LogP contribution < -0.4 is 4.90 Å². The van der Waals surface area contributed by atoms with Crippen molar-refractivity contribution in [1.29, 1.82) is 0 Å². The lowest BCUT2D eigenvalue weighted by Crippen LogP contribution is -2.35. The second kappa shape index (κ2) is 6.78. The molecule has 1 aliphatic heterocycles. The number of hydrogen-bond acceptors (Lipinski definition) is 5. The second-order valence-corrected chi connectivity index (χ2v) is 6.19. The number of anilines is 1. The van der Waals surface area contributed by atoms with Crippen molar-refractivity contribution in [2.24, 2.45) is 0 Å². The number of rotatable bonds is 4. The summed E-state index contributed by atoms with van der Waals surface area (Å²) < 4.78 is 26.4. The molecule has 1 atom stereocenters. The van der Waals surface area contributed by atoms with E-state index in [0.717, 1.165) is 42.2 Å². The summed E-state index contributed by atoms with van der Waals surface area (Å²) in [5.41, 5.74) is 2.44. The molecule has 0 spiro atoms. The molecule has 2 heterocycles. The maximum absolute atomic E-state index is 13.3. The van der Waals surface area contributed by atoms with Crippen molar-refractivity contribution in [3.05, 3.63) is 53.0 Å². The van der Waals surface area contributed by atoms with Crippen LogP contribution in [0.25, 0.3) is 0 Å². The zero-order valence-electron chi connectivity index (χ0n) is 13.7. The molecule has 0 fully saturated rings. The number of halogens is 2. The molecule has 3 rings (SSSR count). The SMILES string of the molecule is CN(C)c1ncnc2c1CN(C[C@@H](O)c1ccc(F)c(F)c1)CC2. The molecule has 1 aromatic carbocycles. The number of benzene rings is 1. The van der Waals surface area contributed by atoms with Gasteiger partial charge < -0.3 is 10.0 Å². The van der Waals surface area contributed by atoms with Crippen LogP contribution in [0.1, 0.15) is 22.9 Å². The number of β-amino-alcohol motifs (C(OH)–C–C–N with tert-alkyl or cyclic N) is 1. The van der Waals surface area contributed by atoms with E-state index in [-0.39, 0.29) is 0 Å². The van der Waals surface area contributed by atoms with Gasteiger partial charge in [-0.05, 0) is 17.7 Å². The van der Waals surface area contributed by atoms with Gasteiger partial charge in [-0.1, -0.05) is 6.07 Å². The van der Waals surface area contributed by atoms with E-state index in [1.807, 2.05) is 19.0 Å². The van der Waals surface area contributed by atoms with Gasteiger partial charge in [-0.2, -0.15) is 0 Å². The van der Waals surface area contributed by atoms with Crippen LogP contribution in [0.4, 0.5) is 14.6 Å². The largest absolute Gasteiger partial charge is 0.387 e. The molecule has 0 aliphatic carbocycles. The summed E-state index contributed by atoms with van der Waals surface area (Å²) in [6.45, 7) is 1.70. The molecule has 0 unspecified atom stereocenters. The molecule has 0 amide bonds. The first-order valence-electron chi connectivity index (χ1n) is 7.81. The Kier molecular flexibility index (Phi) is 4.73. The van der Waals surface area contributed by atoms with Gasteiger partial charge in [0.2, 0.25) is 0 Å². The lowest BCUT2D eigenvalue weighted by molar-refractivity contribution is 0.105. The topological polar surface area (TPSA) is 52.5 Å². The number of aliphatic hydroxyl groups is 1. The van der Waals surface area contributed by atoms with Crippen LogP contribution in [0, 0.1) is 11.6 Å². The van der Waals surface area contributed by atoms with E-state index >= 15 is 0 Å². The van der Waals surface area contributed by atoms with Gasteiger partial charge in [-0.3, -0.25) is 4.90 Å². The van der Waals surface area contributed by atoms with Crippen LogP contribution in [-0.2, 0) is 13.0 Å². The van der Waals surface area contributed by atoms with E-state index in [0.29, 0.717) is 18.7 Å². The Hall–Kier alpha value is -2.12. The summed E-state index contributed by atoms with van der Waals surface area (Å²) in [6.07, 6.45) is 1.46. The molecule has 24 heavy (non-hydrogen) atoms. The minimum atomic E-state index is -0.946. The molecule has 1 aliphatic rings. The van der Waals surface area contributed by atoms with E-state index in [9.17, 15) is 13.9 Å². The molecule has 1 N–H and O–H groups in total. The first-order valence-corrected chi connectivity index (χ1v) is 7.81. The number of hydrogen-bond donors (Lipinski definition) is 1. The minimum Gasteiger partial charge on any atom is -0.387 e. The summed E-state index contributed by atoms with van der Waals surface area (Å²) in [6, 6.07) is 3.50. The van der Waals surface area contributed by atoms with E-state index in [4.69, 9.17) is 0 Å². The highest BCUT2D eigenvalue weighted by molar-refractivity contribution is 5.48. The van der Waals surface area contributed by atoms with Crippen molar-refractivity contribution in [3.63, 3.8) is 0 Å². The Morgan fingerprint density at radius 3 is 2.75 bits per heavy atom. The van der Waals surface area contributed by atoms with Gasteiger partial charge in [0.25, 0.3) is 0 Å². The average Bonchev–Trinajstić information content (AvgIpc) is 2.56. The Bertz CT molecular complexity index is 739. The van der Waals surface area contributed by atoms with Gasteiger partial charge in [0.15, 0.2) is 11.6 Å². The maximum Gasteiger partial charge on any atom is 0.159 e. The average molecular weight is 334 g/mol. The predicted molar refractivity (Wildman–Crippen MR) is 86.7 cm³/mol. The highest BCUT2D eigenvalue weighted by atomic mass is 19.2. The van der Waals surface area contributed by atoms with E-state index in [1.54, 1.807) is 6.33 Å². The second-order valence-electron chi connectivity index (χ2n) is 6.19. The van der Waals surface area contributed by atoms with Crippen molar-refractivity contribution in [2.75, 3.05) is 32.1 Å². The van der Waals surface area contributed by atoms with Crippen molar-refractivity contribution in [2.45, 2.75) is 19.1 Å². The summed E-state index contributed by atoms with van der Waals surface area (Å²) in [7, 11) is 3.86. The quantitative estimate of drug-likeness (QED) is 0.926. The standard InChI is InChI=1S/C17H20F2N4O/c1-22(2)17-12-8-23(6-5-15(12)20-10-21-17)9-16(24)11-3-4-13(18)14(19)7-11/h3-4,7,10,16,24H,5-6,8-9H2,1-2H3/t16-/m1/s1. The zero-order chi connectivity index (χ0) is 17.3. The molecule has 128 valence electrons. The van der Waals surface area contributed by atoms with Crippen LogP contribution in [0.15, 0.2) is 24.5 Å². The molecular weight excluding hydrogens is 314 g/mol. The smallest absolute Gasteiger partial charge is 0.159 e. The summed E-state index contributed by atoms with van der Waals surface area (Å²) in [5, 5.41) is 10.3. The maximum atomic E-state index is 13.3. The molecule has 5 nitrogen and oxygen atoms in total. The van der Waals surface area contributed by atoms with Crippen LogP contribution in [-0.4, -0.2) is 47.2 Å². The lowest BCUT2D eigenvalue weighted by atomic mass is 10.0. The van der Waals surface area contributed by atoms with Crippen molar-refractivity contribution < 1.29 is 13.9 Å². The Morgan fingerprint density at radius 2 is 2.04 bits per heavy atom. The van der Waals surface area contributed by atoms with Crippen LogP contribution in [0.3, 0.4) is 0 Å². The normalized spacial score (nSPS) is 15.9. The summed E-state index contributed by atoms with van der Waals surface area (Å²) in [5.74, 6) is -0.989. The highest BCUT2D eigenvalue weighted by Crippen LogP contribution is 2.26. The predicted octanol–water partition coefficient (Wildman–Crippen LogP) is 1.91. The van der Waals surface area contributed by atoms with Crippen molar-refractivity contribution in [3.8, 4) is 0 Å². The Morgan fingerprint density at radius 1 is 1.25 bits per heavy atom. The highest BCUT2D eigenvalue weighted by Gasteiger charge is 2.24. The summed E-state index contributed by atoms with van der Waals surface area (Å²) in [4.78, 5) is 12.7. The van der Waals surface area contributed by atoms with E-state index in [1.165, 1.54) is 6.07 Å². The Labute approximate surface area is 139 Å². The number of aromatic nitrogens is 2. The molecule has 0 radical (unpaired) electrons. The monoisotopic (exact) mass is 334 g/mol. The van der Waals surface area contributed by atoms with Crippen molar-refractivity contribution in [1.82, 2.24) is 14.9 Å². The van der Waals surface area contributed by atoms with Gasteiger partial charge >= 0.3 is 0 Å². The molecule has 7 heteroatoms. The fourth-order valence-electron chi connectivity index (χ4n) is 2.99. The number of nitrogens with zero attached hydrogens (tertiary/aromatic N) is 4. The third-order valence-corrected chi connectivity index (χ3v) is 4.24. The molecule has 2 aromatic rings.